The molecule has 0 saturated heterocycles. The minimum atomic E-state index is -0.670. The highest BCUT2D eigenvalue weighted by atomic mass is 16.5. The maximum Gasteiger partial charge on any atom is 0.119 e. The second-order valence-electron chi connectivity index (χ2n) is 15.0. The molecule has 0 unspecified atom stereocenters. The van der Waals surface area contributed by atoms with Gasteiger partial charge in [-0.05, 0) is 102 Å². The van der Waals surface area contributed by atoms with Crippen molar-refractivity contribution < 1.29 is 19.7 Å². The lowest BCUT2D eigenvalue weighted by atomic mass is 9.63. The zero-order chi connectivity index (χ0) is 39.1. The van der Waals surface area contributed by atoms with Gasteiger partial charge in [-0.2, -0.15) is 0 Å². The van der Waals surface area contributed by atoms with Crippen molar-refractivity contribution in [1.82, 2.24) is 0 Å². The van der Waals surface area contributed by atoms with Gasteiger partial charge in [0.25, 0.3) is 0 Å². The average molecular weight is 755 g/mol. The van der Waals surface area contributed by atoms with Gasteiger partial charge < -0.3 is 19.7 Å². The fraction of sp³-hybridized carbons (Fsp3) is 0.111. The monoisotopic (exact) mass is 754 g/mol. The lowest BCUT2D eigenvalue weighted by molar-refractivity contribution is 0.201. The third-order valence-electron chi connectivity index (χ3n) is 12.2. The summed E-state index contributed by atoms with van der Waals surface area (Å²) < 4.78 is 11.8. The summed E-state index contributed by atoms with van der Waals surface area (Å²) in [5.74, 6) is 1.44. The summed E-state index contributed by atoms with van der Waals surface area (Å²) in [7, 11) is 0. The van der Waals surface area contributed by atoms with Crippen LogP contribution in [0.25, 0.3) is 33.4 Å². The topological polar surface area (TPSA) is 58.9 Å². The van der Waals surface area contributed by atoms with Crippen molar-refractivity contribution in [3.8, 4) is 44.9 Å². The first-order valence-corrected chi connectivity index (χ1v) is 20.0. The second kappa shape index (κ2) is 14.7. The van der Waals surface area contributed by atoms with Gasteiger partial charge in [0.1, 0.15) is 24.7 Å². The summed E-state index contributed by atoms with van der Waals surface area (Å²) in [6.07, 6.45) is 0. The second-order valence-corrected chi connectivity index (χ2v) is 15.0. The predicted octanol–water partition coefficient (Wildman–Crippen LogP) is 10.8. The molecule has 0 saturated carbocycles. The van der Waals surface area contributed by atoms with Crippen LogP contribution in [0.2, 0.25) is 0 Å². The van der Waals surface area contributed by atoms with E-state index in [4.69, 9.17) is 9.47 Å². The first kappa shape index (κ1) is 35.7. The van der Waals surface area contributed by atoms with Crippen LogP contribution in [0.15, 0.2) is 194 Å². The Labute approximate surface area is 339 Å². The van der Waals surface area contributed by atoms with E-state index in [2.05, 4.69) is 170 Å². The molecule has 8 aromatic carbocycles. The number of ether oxygens (including phenoxy) is 2. The van der Waals surface area contributed by atoms with Gasteiger partial charge in [0.05, 0.1) is 24.0 Å². The van der Waals surface area contributed by atoms with E-state index >= 15 is 0 Å². The lowest BCUT2D eigenvalue weighted by Gasteiger charge is -2.38. The number of benzene rings is 8. The van der Waals surface area contributed by atoms with E-state index in [1.807, 2.05) is 24.3 Å². The van der Waals surface area contributed by atoms with E-state index in [-0.39, 0.29) is 26.4 Å². The lowest BCUT2D eigenvalue weighted by Crippen LogP contribution is -2.31. The Morgan fingerprint density at radius 3 is 0.741 bits per heavy atom. The zero-order valence-corrected chi connectivity index (χ0v) is 32.0. The first-order chi connectivity index (χ1) is 28.7. The zero-order valence-electron chi connectivity index (χ0n) is 32.0. The Bertz CT molecular complexity index is 2480. The van der Waals surface area contributed by atoms with Gasteiger partial charge in [0, 0.05) is 0 Å². The van der Waals surface area contributed by atoms with Crippen LogP contribution in [0.1, 0.15) is 44.5 Å². The molecule has 0 aromatic heterocycles. The summed E-state index contributed by atoms with van der Waals surface area (Å²) >= 11 is 0. The fourth-order valence-corrected chi connectivity index (χ4v) is 10.0. The third kappa shape index (κ3) is 5.30. The van der Waals surface area contributed by atoms with E-state index < -0.39 is 10.8 Å². The Balaban J connectivity index is 1.28. The highest BCUT2D eigenvalue weighted by Crippen LogP contribution is 2.61. The molecule has 0 bridgehead atoms. The van der Waals surface area contributed by atoms with E-state index in [0.29, 0.717) is 0 Å². The Morgan fingerprint density at radius 1 is 0.293 bits per heavy atom. The SMILES string of the molecule is OCCOc1ccc(C2(c3ccccc3-c3ccccc3C3(c4ccc(OCCO)cc4)c4ccccc4-c4ccccc43)c3ccccc3-c3ccccc32)cc1. The van der Waals surface area contributed by atoms with Gasteiger partial charge in [-0.3, -0.25) is 0 Å². The molecule has 2 aliphatic rings. The Morgan fingerprint density at radius 2 is 0.517 bits per heavy atom. The molecule has 0 amide bonds. The van der Waals surface area contributed by atoms with Crippen LogP contribution < -0.4 is 9.47 Å². The van der Waals surface area contributed by atoms with Crippen LogP contribution in [0.4, 0.5) is 0 Å². The first-order valence-electron chi connectivity index (χ1n) is 20.0. The molecule has 58 heavy (non-hydrogen) atoms. The van der Waals surface area contributed by atoms with Crippen LogP contribution in [0, 0.1) is 0 Å². The molecule has 0 atom stereocenters. The molecule has 0 aliphatic heterocycles. The minimum absolute atomic E-state index is 0.0443. The van der Waals surface area contributed by atoms with Crippen molar-refractivity contribution in [2.75, 3.05) is 26.4 Å². The van der Waals surface area contributed by atoms with Crippen LogP contribution in [-0.2, 0) is 10.8 Å². The van der Waals surface area contributed by atoms with Crippen molar-refractivity contribution in [1.29, 1.82) is 0 Å². The van der Waals surface area contributed by atoms with E-state index in [0.717, 1.165) is 33.8 Å². The summed E-state index contributed by atoms with van der Waals surface area (Å²) in [5, 5.41) is 19.0. The number of rotatable bonds is 11. The molecule has 2 N–H and O–H groups in total. The van der Waals surface area contributed by atoms with Crippen LogP contribution in [0.5, 0.6) is 11.5 Å². The Kier molecular flexibility index (Phi) is 9.01. The largest absolute Gasteiger partial charge is 0.491 e. The molecule has 4 heteroatoms. The number of fused-ring (bicyclic) bond motifs is 6. The number of aliphatic hydroxyl groups is 2. The average Bonchev–Trinajstić information content (AvgIpc) is 3.77. The van der Waals surface area contributed by atoms with Crippen molar-refractivity contribution in [3.63, 3.8) is 0 Å². The highest BCUT2D eigenvalue weighted by Gasteiger charge is 2.50. The van der Waals surface area contributed by atoms with E-state index in [1.165, 1.54) is 55.6 Å². The minimum Gasteiger partial charge on any atom is -0.491 e. The van der Waals surface area contributed by atoms with Gasteiger partial charge in [-0.15, -0.1) is 0 Å². The van der Waals surface area contributed by atoms with Gasteiger partial charge in [-0.25, -0.2) is 0 Å². The smallest absolute Gasteiger partial charge is 0.119 e. The number of hydrogen-bond acceptors (Lipinski definition) is 4. The maximum absolute atomic E-state index is 9.51. The Hall–Kier alpha value is -6.72. The maximum atomic E-state index is 9.51. The van der Waals surface area contributed by atoms with Crippen LogP contribution in [-0.4, -0.2) is 36.6 Å². The summed E-state index contributed by atoms with van der Waals surface area (Å²) in [4.78, 5) is 0. The van der Waals surface area contributed by atoms with Gasteiger partial charge in [0.2, 0.25) is 0 Å². The van der Waals surface area contributed by atoms with Crippen LogP contribution >= 0.6 is 0 Å². The molecular formula is C54H42O4. The summed E-state index contributed by atoms with van der Waals surface area (Å²) in [6.45, 7) is 0.388. The molecule has 0 fully saturated rings. The fourth-order valence-electron chi connectivity index (χ4n) is 10.0. The van der Waals surface area contributed by atoms with Gasteiger partial charge >= 0.3 is 0 Å². The normalized spacial score (nSPS) is 13.9. The molecule has 0 radical (unpaired) electrons. The molecule has 0 heterocycles. The molecule has 4 nitrogen and oxygen atoms in total. The molecular weight excluding hydrogens is 713 g/mol. The van der Waals surface area contributed by atoms with Crippen molar-refractivity contribution in [2.45, 2.75) is 10.8 Å². The van der Waals surface area contributed by atoms with Gasteiger partial charge in [0.15, 0.2) is 0 Å². The number of hydrogen-bond donors (Lipinski definition) is 2. The van der Waals surface area contributed by atoms with Crippen molar-refractivity contribution in [3.05, 3.63) is 239 Å². The van der Waals surface area contributed by atoms with E-state index in [1.54, 1.807) is 0 Å². The summed E-state index contributed by atoms with van der Waals surface area (Å²) in [6, 6.07) is 70.1. The predicted molar refractivity (Wildman–Crippen MR) is 232 cm³/mol. The highest BCUT2D eigenvalue weighted by molar-refractivity contribution is 5.92. The number of aliphatic hydroxyl groups excluding tert-OH is 2. The van der Waals surface area contributed by atoms with E-state index in [9.17, 15) is 10.2 Å². The summed E-state index contributed by atoms with van der Waals surface area (Å²) in [5.41, 5.74) is 15.4. The van der Waals surface area contributed by atoms with Crippen molar-refractivity contribution in [2.24, 2.45) is 0 Å². The molecule has 0 spiro atoms. The third-order valence-corrected chi connectivity index (χ3v) is 12.2. The van der Waals surface area contributed by atoms with Crippen LogP contribution in [0.3, 0.4) is 0 Å². The quantitative estimate of drug-likeness (QED) is 0.138. The molecule has 8 aromatic rings. The van der Waals surface area contributed by atoms with Gasteiger partial charge in [-0.1, -0.05) is 170 Å². The molecule has 10 rings (SSSR count). The molecule has 282 valence electrons. The van der Waals surface area contributed by atoms with Crippen molar-refractivity contribution >= 4 is 0 Å². The standard InChI is InChI=1S/C54H42O4/c55-33-35-57-39-29-25-37(26-30-39)53(47-19-7-1-13-41(47)42-14-2-8-20-48(42)53)51-23-11-5-17-45(51)46-18-6-12-24-52(46)54(38-27-31-40(32-28-38)58-36-34-56)49-21-9-3-15-43(49)44-16-4-10-22-50(44)54/h1-32,55-56H,33-36H2. The molecule has 2 aliphatic carbocycles.